The van der Waals surface area contributed by atoms with Gasteiger partial charge in [0.25, 0.3) is 0 Å². The monoisotopic (exact) mass is 414 g/mol. The maximum absolute atomic E-state index is 12.7. The van der Waals surface area contributed by atoms with Gasteiger partial charge in [0.2, 0.25) is 0 Å². The maximum atomic E-state index is 12.7. The van der Waals surface area contributed by atoms with Crippen LogP contribution in [0.5, 0.6) is 5.75 Å². The van der Waals surface area contributed by atoms with E-state index < -0.39 is 5.97 Å². The molecule has 2 atom stereocenters. The second kappa shape index (κ2) is 11.8. The molecular formula is C23H30N2O5. The molecule has 0 aliphatic rings. The van der Waals surface area contributed by atoms with Crippen molar-refractivity contribution in [3.8, 4) is 5.75 Å². The average molecular weight is 415 g/mol. The third kappa shape index (κ3) is 7.39. The summed E-state index contributed by atoms with van der Waals surface area (Å²) >= 11 is 0. The quantitative estimate of drug-likeness (QED) is 0.299. The highest BCUT2D eigenvalue weighted by atomic mass is 16.6. The van der Waals surface area contributed by atoms with Gasteiger partial charge in [0.15, 0.2) is 0 Å². The van der Waals surface area contributed by atoms with Crippen LogP contribution in [0.4, 0.5) is 0 Å². The molecule has 7 heteroatoms. The number of rotatable bonds is 12. The minimum Gasteiger partial charge on any atom is -0.499 e. The van der Waals surface area contributed by atoms with Crippen molar-refractivity contribution in [1.29, 1.82) is 0 Å². The summed E-state index contributed by atoms with van der Waals surface area (Å²) < 4.78 is 18.2. The third-order valence-electron chi connectivity index (χ3n) is 4.77. The number of ether oxygens (including phenoxy) is 3. The number of carbonyl (C=O) groups excluding carboxylic acids is 2. The number of imidazole rings is 1. The molecule has 2 unspecified atom stereocenters. The standard InChI is InChI=1S/C23H30N2O5/c1-5-21(18(15-29-17(2)3)13-19-14-24-16-25(19)4)23(27)28-12-11-22(26)30-20-9-7-6-8-10-20/h6-10,14,16,18,21H,2,5,11-13,15H2,1,3-4H3. The number of benzene rings is 1. The highest BCUT2D eigenvalue weighted by Gasteiger charge is 2.30. The van der Waals surface area contributed by atoms with E-state index in [1.807, 2.05) is 24.6 Å². The lowest BCUT2D eigenvalue weighted by molar-refractivity contribution is -0.152. The van der Waals surface area contributed by atoms with E-state index in [1.165, 1.54) is 0 Å². The Balaban J connectivity index is 1.92. The van der Waals surface area contributed by atoms with Crippen molar-refractivity contribution in [3.63, 3.8) is 0 Å². The Bertz CT molecular complexity index is 831. The van der Waals surface area contributed by atoms with Crippen molar-refractivity contribution in [2.75, 3.05) is 13.2 Å². The van der Waals surface area contributed by atoms with Gasteiger partial charge in [-0.2, -0.15) is 0 Å². The van der Waals surface area contributed by atoms with Crippen LogP contribution in [-0.2, 0) is 32.5 Å². The number of aryl methyl sites for hydroxylation is 1. The molecule has 2 rings (SSSR count). The zero-order chi connectivity index (χ0) is 21.9. The van der Waals surface area contributed by atoms with Gasteiger partial charge >= 0.3 is 11.9 Å². The smallest absolute Gasteiger partial charge is 0.314 e. The summed E-state index contributed by atoms with van der Waals surface area (Å²) in [6.07, 6.45) is 4.71. The zero-order valence-corrected chi connectivity index (χ0v) is 17.9. The first-order valence-corrected chi connectivity index (χ1v) is 10.1. The molecule has 2 aromatic rings. The lowest BCUT2D eigenvalue weighted by Crippen LogP contribution is -2.31. The normalized spacial score (nSPS) is 12.6. The molecule has 1 aromatic heterocycles. The second-order valence-corrected chi connectivity index (χ2v) is 7.19. The van der Waals surface area contributed by atoms with Crippen LogP contribution < -0.4 is 4.74 Å². The second-order valence-electron chi connectivity index (χ2n) is 7.19. The van der Waals surface area contributed by atoms with Crippen LogP contribution in [0.25, 0.3) is 0 Å². The van der Waals surface area contributed by atoms with Gasteiger partial charge in [-0.15, -0.1) is 0 Å². The SMILES string of the molecule is C=C(C)OCC(Cc1cncn1C)C(CC)C(=O)OCCC(=O)Oc1ccccc1. The molecule has 0 saturated heterocycles. The Morgan fingerprint density at radius 2 is 1.93 bits per heavy atom. The molecule has 7 nitrogen and oxygen atoms in total. The Labute approximate surface area is 177 Å². The van der Waals surface area contributed by atoms with Crippen LogP contribution in [0.3, 0.4) is 0 Å². The van der Waals surface area contributed by atoms with Gasteiger partial charge in [-0.1, -0.05) is 31.7 Å². The van der Waals surface area contributed by atoms with Crippen molar-refractivity contribution < 1.29 is 23.8 Å². The number of hydrogen-bond acceptors (Lipinski definition) is 6. The van der Waals surface area contributed by atoms with E-state index in [1.54, 1.807) is 43.7 Å². The van der Waals surface area contributed by atoms with E-state index in [-0.39, 0.29) is 30.8 Å². The summed E-state index contributed by atoms with van der Waals surface area (Å²) in [7, 11) is 1.91. The minimum absolute atomic E-state index is 0.00820. The Hall–Kier alpha value is -3.09. The molecule has 30 heavy (non-hydrogen) atoms. The third-order valence-corrected chi connectivity index (χ3v) is 4.77. The first-order valence-electron chi connectivity index (χ1n) is 10.1. The molecule has 162 valence electrons. The summed E-state index contributed by atoms with van der Waals surface area (Å²) in [5.41, 5.74) is 1.00. The van der Waals surface area contributed by atoms with Gasteiger partial charge in [-0.25, -0.2) is 4.98 Å². The average Bonchev–Trinajstić information content (AvgIpc) is 3.11. The van der Waals surface area contributed by atoms with Gasteiger partial charge in [0, 0.05) is 24.9 Å². The van der Waals surface area contributed by atoms with Crippen LogP contribution in [0.15, 0.2) is 55.2 Å². The van der Waals surface area contributed by atoms with Crippen molar-refractivity contribution in [1.82, 2.24) is 9.55 Å². The van der Waals surface area contributed by atoms with Crippen LogP contribution in [0, 0.1) is 11.8 Å². The predicted octanol–water partition coefficient (Wildman–Crippen LogP) is 3.69. The summed E-state index contributed by atoms with van der Waals surface area (Å²) in [6.45, 7) is 7.81. The summed E-state index contributed by atoms with van der Waals surface area (Å²) in [5, 5.41) is 0. The highest BCUT2D eigenvalue weighted by Crippen LogP contribution is 2.24. The molecule has 0 saturated carbocycles. The predicted molar refractivity (Wildman–Crippen MR) is 113 cm³/mol. The Morgan fingerprint density at radius 1 is 1.20 bits per heavy atom. The van der Waals surface area contributed by atoms with Crippen molar-refractivity contribution >= 4 is 11.9 Å². The van der Waals surface area contributed by atoms with E-state index in [0.29, 0.717) is 31.0 Å². The summed E-state index contributed by atoms with van der Waals surface area (Å²) in [5.74, 6) is -0.206. The lowest BCUT2D eigenvalue weighted by Gasteiger charge is -2.25. The molecule has 1 heterocycles. The minimum atomic E-state index is -0.445. The molecule has 1 aromatic carbocycles. The van der Waals surface area contributed by atoms with Gasteiger partial charge in [-0.3, -0.25) is 9.59 Å². The van der Waals surface area contributed by atoms with Gasteiger partial charge in [-0.05, 0) is 31.9 Å². The van der Waals surface area contributed by atoms with Gasteiger partial charge in [0.05, 0.1) is 31.0 Å². The van der Waals surface area contributed by atoms with Crippen LogP contribution >= 0.6 is 0 Å². The highest BCUT2D eigenvalue weighted by molar-refractivity contribution is 5.75. The van der Waals surface area contributed by atoms with E-state index in [4.69, 9.17) is 14.2 Å². The van der Waals surface area contributed by atoms with E-state index >= 15 is 0 Å². The Kier molecular flexibility index (Phi) is 9.12. The number of para-hydroxylation sites is 1. The summed E-state index contributed by atoms with van der Waals surface area (Å²) in [4.78, 5) is 28.8. The molecule has 0 spiro atoms. The van der Waals surface area contributed by atoms with Crippen LogP contribution in [0.2, 0.25) is 0 Å². The first kappa shape index (κ1) is 23.2. The fourth-order valence-electron chi connectivity index (χ4n) is 3.12. The first-order chi connectivity index (χ1) is 14.4. The molecule has 0 fully saturated rings. The van der Waals surface area contributed by atoms with Crippen LogP contribution in [-0.4, -0.2) is 34.7 Å². The van der Waals surface area contributed by atoms with Crippen molar-refractivity contribution in [3.05, 3.63) is 60.9 Å². The molecular weight excluding hydrogens is 384 g/mol. The molecule has 0 aliphatic heterocycles. The van der Waals surface area contributed by atoms with Gasteiger partial charge in [0.1, 0.15) is 12.4 Å². The number of nitrogens with zero attached hydrogens (tertiary/aromatic N) is 2. The fourth-order valence-corrected chi connectivity index (χ4v) is 3.12. The largest absolute Gasteiger partial charge is 0.499 e. The zero-order valence-electron chi connectivity index (χ0n) is 17.9. The van der Waals surface area contributed by atoms with E-state index in [0.717, 1.165) is 5.69 Å². The topological polar surface area (TPSA) is 79.7 Å². The lowest BCUT2D eigenvalue weighted by atomic mass is 9.87. The summed E-state index contributed by atoms with van der Waals surface area (Å²) in [6, 6.07) is 8.79. The van der Waals surface area contributed by atoms with Gasteiger partial charge < -0.3 is 18.8 Å². The fraction of sp³-hybridized carbons (Fsp3) is 0.435. The molecule has 0 bridgehead atoms. The number of aromatic nitrogens is 2. The number of hydrogen-bond donors (Lipinski definition) is 0. The van der Waals surface area contributed by atoms with Crippen molar-refractivity contribution in [2.24, 2.45) is 18.9 Å². The molecule has 0 aliphatic carbocycles. The maximum Gasteiger partial charge on any atom is 0.314 e. The number of esters is 2. The molecule has 0 amide bonds. The van der Waals surface area contributed by atoms with Crippen LogP contribution in [0.1, 0.15) is 32.4 Å². The molecule has 0 N–H and O–H groups in total. The van der Waals surface area contributed by atoms with Crippen molar-refractivity contribution in [2.45, 2.75) is 33.1 Å². The van der Waals surface area contributed by atoms with E-state index in [2.05, 4.69) is 11.6 Å². The molecule has 0 radical (unpaired) electrons. The number of allylic oxidation sites excluding steroid dienone is 1. The number of carbonyl (C=O) groups is 2. The van der Waals surface area contributed by atoms with E-state index in [9.17, 15) is 9.59 Å². The Morgan fingerprint density at radius 3 is 2.53 bits per heavy atom.